The molecule has 4 nitrogen and oxygen atoms in total. The van der Waals surface area contributed by atoms with E-state index >= 15 is 0 Å². The zero-order chi connectivity index (χ0) is 16.4. The van der Waals surface area contributed by atoms with Crippen molar-refractivity contribution in [3.8, 4) is 0 Å². The van der Waals surface area contributed by atoms with Gasteiger partial charge in [-0.15, -0.1) is 0 Å². The number of carbonyl (C=O) groups excluding carboxylic acids is 2. The van der Waals surface area contributed by atoms with Crippen molar-refractivity contribution in [2.24, 2.45) is 5.92 Å². The molecule has 23 heavy (non-hydrogen) atoms. The highest BCUT2D eigenvalue weighted by atomic mass is 19.1. The van der Waals surface area contributed by atoms with Crippen molar-refractivity contribution >= 4 is 23.2 Å². The second-order valence-corrected chi connectivity index (χ2v) is 5.62. The van der Waals surface area contributed by atoms with Gasteiger partial charge in [-0.1, -0.05) is 18.2 Å². The van der Waals surface area contributed by atoms with Gasteiger partial charge in [0.15, 0.2) is 0 Å². The van der Waals surface area contributed by atoms with Gasteiger partial charge in [0.25, 0.3) is 0 Å². The quantitative estimate of drug-likeness (QED) is 0.885. The van der Waals surface area contributed by atoms with Gasteiger partial charge in [0.05, 0.1) is 0 Å². The highest BCUT2D eigenvalue weighted by molar-refractivity contribution is 6.13. The number of anilines is 2. The molecule has 1 N–H and O–H groups in total. The zero-order valence-corrected chi connectivity index (χ0v) is 12.8. The number of carbonyl (C=O) groups is 2. The largest absolute Gasteiger partial charge is 0.325 e. The van der Waals surface area contributed by atoms with Crippen LogP contribution >= 0.6 is 0 Å². The summed E-state index contributed by atoms with van der Waals surface area (Å²) in [6, 6.07) is 13.3. The number of rotatable bonds is 3. The van der Waals surface area contributed by atoms with Gasteiger partial charge in [0.2, 0.25) is 11.8 Å². The van der Waals surface area contributed by atoms with E-state index in [0.717, 1.165) is 0 Å². The molecule has 1 atom stereocenters. The van der Waals surface area contributed by atoms with Crippen LogP contribution in [0.15, 0.2) is 48.5 Å². The standard InChI is InChI=1S/C18H17FN2O2/c1-12-11-13(19)7-8-16(12)21-10-9-15(18(21)23)17(22)20-14-5-3-2-4-6-14/h2-8,11,15H,9-10H2,1H3,(H,20,22). The molecule has 5 heteroatoms. The van der Waals surface area contributed by atoms with Crippen molar-refractivity contribution in [2.75, 3.05) is 16.8 Å². The summed E-state index contributed by atoms with van der Waals surface area (Å²) in [5, 5.41) is 2.76. The van der Waals surface area contributed by atoms with Crippen LogP contribution in [0.25, 0.3) is 0 Å². The maximum absolute atomic E-state index is 13.2. The van der Waals surface area contributed by atoms with Crippen LogP contribution in [-0.2, 0) is 9.59 Å². The molecule has 2 aromatic rings. The normalized spacial score (nSPS) is 17.4. The first-order valence-electron chi connectivity index (χ1n) is 7.49. The lowest BCUT2D eigenvalue weighted by Gasteiger charge is -2.19. The van der Waals surface area contributed by atoms with E-state index in [1.165, 1.54) is 12.1 Å². The van der Waals surface area contributed by atoms with E-state index in [1.54, 1.807) is 30.0 Å². The Labute approximate surface area is 133 Å². The minimum Gasteiger partial charge on any atom is -0.325 e. The first-order chi connectivity index (χ1) is 11.1. The molecule has 0 aromatic heterocycles. The highest BCUT2D eigenvalue weighted by Gasteiger charge is 2.38. The van der Waals surface area contributed by atoms with E-state index in [2.05, 4.69) is 5.32 Å². The van der Waals surface area contributed by atoms with Crippen molar-refractivity contribution in [2.45, 2.75) is 13.3 Å². The SMILES string of the molecule is Cc1cc(F)ccc1N1CCC(C(=O)Nc2ccccc2)C1=O. The maximum atomic E-state index is 13.2. The van der Waals surface area contributed by atoms with Gasteiger partial charge in [-0.25, -0.2) is 4.39 Å². The topological polar surface area (TPSA) is 49.4 Å². The smallest absolute Gasteiger partial charge is 0.239 e. The molecule has 2 aromatic carbocycles. The van der Waals surface area contributed by atoms with Gasteiger partial charge in [-0.05, 0) is 49.2 Å². The Morgan fingerprint density at radius 3 is 2.65 bits per heavy atom. The van der Waals surface area contributed by atoms with Crippen molar-refractivity contribution in [1.29, 1.82) is 0 Å². The molecule has 1 fully saturated rings. The predicted molar refractivity (Wildman–Crippen MR) is 86.7 cm³/mol. The molecule has 1 saturated heterocycles. The first-order valence-corrected chi connectivity index (χ1v) is 7.49. The van der Waals surface area contributed by atoms with Gasteiger partial charge in [-0.2, -0.15) is 0 Å². The van der Waals surface area contributed by atoms with Crippen molar-refractivity contribution in [3.05, 3.63) is 59.9 Å². The lowest BCUT2D eigenvalue weighted by atomic mass is 10.1. The van der Waals surface area contributed by atoms with Gasteiger partial charge >= 0.3 is 0 Å². The predicted octanol–water partition coefficient (Wildman–Crippen LogP) is 3.13. The Bertz CT molecular complexity index is 746. The number of aryl methyl sites for hydroxylation is 1. The molecule has 3 rings (SSSR count). The number of hydrogen-bond acceptors (Lipinski definition) is 2. The number of benzene rings is 2. The lowest BCUT2D eigenvalue weighted by Crippen LogP contribution is -2.33. The molecule has 0 radical (unpaired) electrons. The summed E-state index contributed by atoms with van der Waals surface area (Å²) >= 11 is 0. The average Bonchev–Trinajstić information content (AvgIpc) is 2.90. The molecule has 0 saturated carbocycles. The molecule has 0 aliphatic carbocycles. The molecular weight excluding hydrogens is 295 g/mol. The van der Waals surface area contributed by atoms with Crippen molar-refractivity contribution < 1.29 is 14.0 Å². The summed E-state index contributed by atoms with van der Waals surface area (Å²) in [4.78, 5) is 26.4. The lowest BCUT2D eigenvalue weighted by molar-refractivity contribution is -0.129. The second-order valence-electron chi connectivity index (χ2n) is 5.62. The molecule has 1 aliphatic rings. The molecule has 2 amide bonds. The Hall–Kier alpha value is -2.69. The number of nitrogens with one attached hydrogen (secondary N) is 1. The summed E-state index contributed by atoms with van der Waals surface area (Å²) < 4.78 is 13.2. The number of halogens is 1. The van der Waals surface area contributed by atoms with E-state index in [4.69, 9.17) is 0 Å². The molecule has 118 valence electrons. The summed E-state index contributed by atoms with van der Waals surface area (Å²) in [5.74, 6) is -1.59. The Morgan fingerprint density at radius 2 is 1.96 bits per heavy atom. The average molecular weight is 312 g/mol. The van der Waals surface area contributed by atoms with Crippen molar-refractivity contribution in [3.63, 3.8) is 0 Å². The molecule has 0 bridgehead atoms. The third-order valence-corrected chi connectivity index (χ3v) is 4.01. The number of nitrogens with zero attached hydrogens (tertiary/aromatic N) is 1. The fraction of sp³-hybridized carbons (Fsp3) is 0.222. The number of amides is 2. The molecule has 1 heterocycles. The van der Waals surface area contributed by atoms with Crippen LogP contribution in [0.2, 0.25) is 0 Å². The van der Waals surface area contributed by atoms with E-state index < -0.39 is 5.92 Å². The molecule has 1 unspecified atom stereocenters. The van der Waals surface area contributed by atoms with Crippen LogP contribution in [0, 0.1) is 18.7 Å². The summed E-state index contributed by atoms with van der Waals surface area (Å²) in [6.45, 7) is 2.21. The molecule has 0 spiro atoms. The Morgan fingerprint density at radius 1 is 1.22 bits per heavy atom. The van der Waals surface area contributed by atoms with Crippen molar-refractivity contribution in [1.82, 2.24) is 0 Å². The number of para-hydroxylation sites is 1. The Balaban J connectivity index is 1.75. The van der Waals surface area contributed by atoms with Crippen LogP contribution in [0.4, 0.5) is 15.8 Å². The minimum atomic E-state index is -0.709. The van der Waals surface area contributed by atoms with Crippen LogP contribution in [0.1, 0.15) is 12.0 Å². The van der Waals surface area contributed by atoms with Gasteiger partial charge in [0.1, 0.15) is 11.7 Å². The van der Waals surface area contributed by atoms with Crippen LogP contribution in [0.3, 0.4) is 0 Å². The van der Waals surface area contributed by atoms with E-state index in [9.17, 15) is 14.0 Å². The fourth-order valence-electron chi connectivity index (χ4n) is 2.83. The Kier molecular flexibility index (Phi) is 4.10. The maximum Gasteiger partial charge on any atom is 0.239 e. The first kappa shape index (κ1) is 15.2. The van der Waals surface area contributed by atoms with E-state index in [-0.39, 0.29) is 17.6 Å². The third kappa shape index (κ3) is 3.08. The van der Waals surface area contributed by atoms with Crippen LogP contribution in [0.5, 0.6) is 0 Å². The van der Waals surface area contributed by atoms with Crippen LogP contribution < -0.4 is 10.2 Å². The minimum absolute atomic E-state index is 0.242. The molecular formula is C18H17FN2O2. The van der Waals surface area contributed by atoms with Gasteiger partial charge in [0, 0.05) is 17.9 Å². The van der Waals surface area contributed by atoms with Gasteiger partial charge in [-0.3, -0.25) is 9.59 Å². The zero-order valence-electron chi connectivity index (χ0n) is 12.8. The highest BCUT2D eigenvalue weighted by Crippen LogP contribution is 2.29. The fourth-order valence-corrected chi connectivity index (χ4v) is 2.83. The van der Waals surface area contributed by atoms with Crippen LogP contribution in [-0.4, -0.2) is 18.4 Å². The monoisotopic (exact) mass is 312 g/mol. The number of hydrogen-bond donors (Lipinski definition) is 1. The van der Waals surface area contributed by atoms with E-state index in [0.29, 0.717) is 29.9 Å². The summed E-state index contributed by atoms with van der Waals surface area (Å²) in [6.07, 6.45) is 0.453. The third-order valence-electron chi connectivity index (χ3n) is 4.01. The van der Waals surface area contributed by atoms with E-state index in [1.807, 2.05) is 18.2 Å². The molecule has 1 aliphatic heterocycles. The van der Waals surface area contributed by atoms with Gasteiger partial charge < -0.3 is 10.2 Å². The summed E-state index contributed by atoms with van der Waals surface area (Å²) in [5.41, 5.74) is 2.01. The summed E-state index contributed by atoms with van der Waals surface area (Å²) in [7, 11) is 0. The second kappa shape index (κ2) is 6.20.